The molecule has 128 valence electrons. The van der Waals surface area contributed by atoms with Crippen molar-refractivity contribution in [3.63, 3.8) is 0 Å². The van der Waals surface area contributed by atoms with Crippen molar-refractivity contribution >= 4 is 11.6 Å². The van der Waals surface area contributed by atoms with E-state index in [1.807, 2.05) is 63.2 Å². The largest absolute Gasteiger partial charge is 0.490 e. The lowest BCUT2D eigenvalue weighted by Gasteiger charge is -2.12. The zero-order valence-electron chi connectivity index (χ0n) is 14.6. The van der Waals surface area contributed by atoms with Gasteiger partial charge in [-0.15, -0.1) is 0 Å². The van der Waals surface area contributed by atoms with Gasteiger partial charge in [-0.2, -0.15) is 0 Å². The molecular weight excluding hydrogens is 302 g/mol. The maximum Gasteiger partial charge on any atom is 0.224 e. The van der Waals surface area contributed by atoms with Crippen molar-refractivity contribution in [3.05, 3.63) is 53.6 Å². The van der Waals surface area contributed by atoms with E-state index >= 15 is 0 Å². The Morgan fingerprint density at radius 2 is 1.62 bits per heavy atom. The van der Waals surface area contributed by atoms with Crippen molar-refractivity contribution in [1.29, 1.82) is 0 Å². The predicted molar refractivity (Wildman–Crippen MR) is 96.9 cm³/mol. The molecule has 0 aliphatic carbocycles. The SMILES string of the molecule is CCOc1ccc(CCC(=O)Nc2ccc(C)cc2)cc1OCC. The Kier molecular flexibility index (Phi) is 6.67. The molecule has 0 heterocycles. The smallest absolute Gasteiger partial charge is 0.224 e. The summed E-state index contributed by atoms with van der Waals surface area (Å²) in [6.45, 7) is 7.08. The highest BCUT2D eigenvalue weighted by molar-refractivity contribution is 5.90. The second kappa shape index (κ2) is 8.96. The average molecular weight is 327 g/mol. The third-order valence-corrected chi connectivity index (χ3v) is 3.58. The topological polar surface area (TPSA) is 47.6 Å². The van der Waals surface area contributed by atoms with Gasteiger partial charge in [0, 0.05) is 12.1 Å². The van der Waals surface area contributed by atoms with Crippen molar-refractivity contribution in [2.24, 2.45) is 0 Å². The van der Waals surface area contributed by atoms with E-state index in [-0.39, 0.29) is 5.91 Å². The van der Waals surface area contributed by atoms with Gasteiger partial charge in [-0.3, -0.25) is 4.79 Å². The molecule has 0 unspecified atom stereocenters. The first-order valence-electron chi connectivity index (χ1n) is 8.37. The lowest BCUT2D eigenvalue weighted by Crippen LogP contribution is -2.12. The van der Waals surface area contributed by atoms with E-state index in [1.165, 1.54) is 5.56 Å². The summed E-state index contributed by atoms with van der Waals surface area (Å²) in [5.41, 5.74) is 3.05. The summed E-state index contributed by atoms with van der Waals surface area (Å²) in [4.78, 5) is 12.1. The zero-order valence-corrected chi connectivity index (χ0v) is 14.6. The van der Waals surface area contributed by atoms with Crippen LogP contribution in [0.2, 0.25) is 0 Å². The van der Waals surface area contributed by atoms with Crippen molar-refractivity contribution in [2.75, 3.05) is 18.5 Å². The molecule has 0 aliphatic heterocycles. The van der Waals surface area contributed by atoms with E-state index in [2.05, 4.69) is 5.32 Å². The van der Waals surface area contributed by atoms with E-state index in [4.69, 9.17) is 9.47 Å². The summed E-state index contributed by atoms with van der Waals surface area (Å²) in [5.74, 6) is 1.48. The van der Waals surface area contributed by atoms with Crippen LogP contribution in [-0.4, -0.2) is 19.1 Å². The lowest BCUT2D eigenvalue weighted by atomic mass is 10.1. The Hall–Kier alpha value is -2.49. The zero-order chi connectivity index (χ0) is 17.4. The molecule has 2 aromatic rings. The highest BCUT2D eigenvalue weighted by Gasteiger charge is 2.08. The van der Waals surface area contributed by atoms with Crippen LogP contribution < -0.4 is 14.8 Å². The molecule has 2 aromatic carbocycles. The van der Waals surface area contributed by atoms with Gasteiger partial charge in [0.2, 0.25) is 5.91 Å². The fourth-order valence-corrected chi connectivity index (χ4v) is 2.37. The van der Waals surface area contributed by atoms with Crippen LogP contribution in [0.4, 0.5) is 5.69 Å². The first-order chi connectivity index (χ1) is 11.6. The van der Waals surface area contributed by atoms with Crippen molar-refractivity contribution < 1.29 is 14.3 Å². The fourth-order valence-electron chi connectivity index (χ4n) is 2.37. The molecule has 1 N–H and O–H groups in total. The number of anilines is 1. The van der Waals surface area contributed by atoms with Crippen LogP contribution in [0, 0.1) is 6.92 Å². The summed E-state index contributed by atoms with van der Waals surface area (Å²) in [6.07, 6.45) is 1.08. The number of hydrogen-bond acceptors (Lipinski definition) is 3. The molecule has 0 aliphatic rings. The van der Waals surface area contributed by atoms with Crippen LogP contribution in [0.5, 0.6) is 11.5 Å². The third kappa shape index (κ3) is 5.30. The second-order valence-electron chi connectivity index (χ2n) is 5.56. The van der Waals surface area contributed by atoms with E-state index in [0.717, 1.165) is 22.7 Å². The Morgan fingerprint density at radius 3 is 2.29 bits per heavy atom. The average Bonchev–Trinajstić information content (AvgIpc) is 2.57. The Balaban J connectivity index is 1.94. The molecule has 4 nitrogen and oxygen atoms in total. The molecule has 0 atom stereocenters. The number of amides is 1. The molecule has 24 heavy (non-hydrogen) atoms. The minimum absolute atomic E-state index is 0.00528. The minimum Gasteiger partial charge on any atom is -0.490 e. The molecule has 1 amide bonds. The van der Waals surface area contributed by atoms with Crippen molar-refractivity contribution in [3.8, 4) is 11.5 Å². The van der Waals surface area contributed by atoms with E-state index in [0.29, 0.717) is 26.1 Å². The van der Waals surface area contributed by atoms with E-state index in [9.17, 15) is 4.79 Å². The summed E-state index contributed by atoms with van der Waals surface area (Å²) < 4.78 is 11.2. The standard InChI is InChI=1S/C20H25NO3/c1-4-23-18-12-8-16(14-19(18)24-5-2)9-13-20(22)21-17-10-6-15(3)7-11-17/h6-8,10-12,14H,4-5,9,13H2,1-3H3,(H,21,22). The van der Waals surface area contributed by atoms with Crippen molar-refractivity contribution in [2.45, 2.75) is 33.6 Å². The van der Waals surface area contributed by atoms with Crippen LogP contribution in [0.3, 0.4) is 0 Å². The summed E-state index contributed by atoms with van der Waals surface area (Å²) in [6, 6.07) is 13.6. The van der Waals surface area contributed by atoms with Gasteiger partial charge in [0.25, 0.3) is 0 Å². The summed E-state index contributed by atoms with van der Waals surface area (Å²) >= 11 is 0. The molecule has 0 saturated carbocycles. The predicted octanol–water partition coefficient (Wildman–Crippen LogP) is 4.36. The number of rotatable bonds is 8. The summed E-state index contributed by atoms with van der Waals surface area (Å²) in [7, 11) is 0. The number of hydrogen-bond donors (Lipinski definition) is 1. The van der Waals surface area contributed by atoms with E-state index < -0.39 is 0 Å². The molecule has 0 bridgehead atoms. The number of ether oxygens (including phenoxy) is 2. The third-order valence-electron chi connectivity index (χ3n) is 3.58. The van der Waals surface area contributed by atoms with Gasteiger partial charge in [0.1, 0.15) is 0 Å². The minimum atomic E-state index is 0.00528. The number of carbonyl (C=O) groups is 1. The van der Waals surface area contributed by atoms with Gasteiger partial charge < -0.3 is 14.8 Å². The first-order valence-corrected chi connectivity index (χ1v) is 8.37. The molecule has 4 heteroatoms. The van der Waals surface area contributed by atoms with Crippen LogP contribution in [0.15, 0.2) is 42.5 Å². The van der Waals surface area contributed by atoms with Gasteiger partial charge in [0.15, 0.2) is 11.5 Å². The number of benzene rings is 2. The number of aryl methyl sites for hydroxylation is 2. The molecule has 0 radical (unpaired) electrons. The van der Waals surface area contributed by atoms with Gasteiger partial charge in [-0.1, -0.05) is 23.8 Å². The number of carbonyl (C=O) groups excluding carboxylic acids is 1. The Bertz CT molecular complexity index is 665. The molecule has 0 fully saturated rings. The van der Waals surface area contributed by atoms with Crippen LogP contribution in [0.1, 0.15) is 31.4 Å². The van der Waals surface area contributed by atoms with Gasteiger partial charge in [-0.25, -0.2) is 0 Å². The molecule has 0 spiro atoms. The Labute approximate surface area is 143 Å². The number of nitrogens with one attached hydrogen (secondary N) is 1. The van der Waals surface area contributed by atoms with Gasteiger partial charge >= 0.3 is 0 Å². The first kappa shape index (κ1) is 17.9. The highest BCUT2D eigenvalue weighted by atomic mass is 16.5. The van der Waals surface area contributed by atoms with Crippen molar-refractivity contribution in [1.82, 2.24) is 0 Å². The quantitative estimate of drug-likeness (QED) is 0.783. The van der Waals surface area contributed by atoms with Crippen LogP contribution >= 0.6 is 0 Å². The van der Waals surface area contributed by atoms with E-state index in [1.54, 1.807) is 0 Å². The summed E-state index contributed by atoms with van der Waals surface area (Å²) in [5, 5.41) is 2.92. The lowest BCUT2D eigenvalue weighted by molar-refractivity contribution is -0.116. The maximum atomic E-state index is 12.1. The fraction of sp³-hybridized carbons (Fsp3) is 0.350. The van der Waals surface area contributed by atoms with Gasteiger partial charge in [-0.05, 0) is 57.0 Å². The maximum absolute atomic E-state index is 12.1. The molecule has 2 rings (SSSR count). The van der Waals surface area contributed by atoms with Crippen LogP contribution in [0.25, 0.3) is 0 Å². The normalized spacial score (nSPS) is 10.3. The Morgan fingerprint density at radius 1 is 0.958 bits per heavy atom. The molecular formula is C20H25NO3. The van der Waals surface area contributed by atoms with Gasteiger partial charge in [0.05, 0.1) is 13.2 Å². The second-order valence-corrected chi connectivity index (χ2v) is 5.56. The molecule has 0 aromatic heterocycles. The molecule has 0 saturated heterocycles. The monoisotopic (exact) mass is 327 g/mol. The highest BCUT2D eigenvalue weighted by Crippen LogP contribution is 2.29. The van der Waals surface area contributed by atoms with Crippen LogP contribution in [-0.2, 0) is 11.2 Å².